The molecule has 1 N–H and O–H groups in total. The van der Waals surface area contributed by atoms with Gasteiger partial charge in [-0.2, -0.15) is 0 Å². The molecule has 0 saturated carbocycles. The second-order valence-corrected chi connectivity index (χ2v) is 3.28. The Morgan fingerprint density at radius 2 is 1.72 bits per heavy atom. The first kappa shape index (κ1) is 16.2. The summed E-state index contributed by atoms with van der Waals surface area (Å²) in [7, 11) is 3.62. The van der Waals surface area contributed by atoms with Gasteiger partial charge in [0.25, 0.3) is 5.91 Å². The van der Waals surface area contributed by atoms with Crippen LogP contribution in [0.15, 0.2) is 30.5 Å². The molecular weight excluding hydrogens is 224 g/mol. The number of nitrogens with zero attached hydrogens (tertiary/aromatic N) is 1. The van der Waals surface area contributed by atoms with E-state index in [0.717, 1.165) is 10.9 Å². The number of aryl methyl sites for hydroxylation is 1. The van der Waals surface area contributed by atoms with Gasteiger partial charge in [-0.1, -0.05) is 27.7 Å². The molecule has 18 heavy (non-hydrogen) atoms. The Bertz CT molecular complexity index is 486. The molecule has 100 valence electrons. The molecule has 0 aliphatic rings. The molecule has 0 unspecified atom stereocenters. The lowest BCUT2D eigenvalue weighted by atomic mass is 10.1. The quantitative estimate of drug-likeness (QED) is 0.822. The summed E-state index contributed by atoms with van der Waals surface area (Å²) >= 11 is 0. The van der Waals surface area contributed by atoms with Gasteiger partial charge in [-0.3, -0.25) is 4.79 Å². The summed E-state index contributed by atoms with van der Waals surface area (Å²) in [5, 5.41) is 3.70. The van der Waals surface area contributed by atoms with Crippen LogP contribution in [0.1, 0.15) is 38.1 Å². The number of amides is 1. The predicted molar refractivity (Wildman–Crippen MR) is 79.0 cm³/mol. The number of fused-ring (bicyclic) bond motifs is 1. The van der Waals surface area contributed by atoms with Crippen molar-refractivity contribution < 1.29 is 4.79 Å². The summed E-state index contributed by atoms with van der Waals surface area (Å²) in [6.45, 7) is 8.00. The van der Waals surface area contributed by atoms with Crippen molar-refractivity contribution >= 4 is 16.8 Å². The van der Waals surface area contributed by atoms with Gasteiger partial charge in [0.05, 0.1) is 0 Å². The molecule has 0 aliphatic carbocycles. The highest BCUT2D eigenvalue weighted by Gasteiger charge is 2.04. The molecule has 0 bridgehead atoms. The van der Waals surface area contributed by atoms with Crippen molar-refractivity contribution in [2.45, 2.75) is 27.7 Å². The van der Waals surface area contributed by atoms with Crippen LogP contribution in [0.5, 0.6) is 0 Å². The normalized spacial score (nSPS) is 8.78. The lowest BCUT2D eigenvalue weighted by Gasteiger charge is -2.00. The fourth-order valence-electron chi connectivity index (χ4n) is 1.57. The molecule has 0 atom stereocenters. The maximum atomic E-state index is 11.3. The Hall–Kier alpha value is -1.77. The van der Waals surface area contributed by atoms with E-state index in [1.165, 1.54) is 0 Å². The number of carbonyl (C=O) groups excluding carboxylic acids is 1. The SMILES string of the molecule is CC.CC.CNC(=O)c1ccc2c(ccn2C)c1. The van der Waals surface area contributed by atoms with Crippen molar-refractivity contribution in [3.8, 4) is 0 Å². The average Bonchev–Trinajstić information content (AvgIpc) is 2.83. The summed E-state index contributed by atoms with van der Waals surface area (Å²) in [6, 6.07) is 7.69. The van der Waals surface area contributed by atoms with Crippen LogP contribution >= 0.6 is 0 Å². The van der Waals surface area contributed by atoms with Crippen molar-refractivity contribution in [3.63, 3.8) is 0 Å². The molecule has 2 aromatic rings. The molecule has 0 radical (unpaired) electrons. The Morgan fingerprint density at radius 1 is 1.11 bits per heavy atom. The van der Waals surface area contributed by atoms with Crippen molar-refractivity contribution in [3.05, 3.63) is 36.0 Å². The molecule has 0 aliphatic heterocycles. The van der Waals surface area contributed by atoms with Gasteiger partial charge >= 0.3 is 0 Å². The standard InChI is InChI=1S/C11H12N2O.2C2H6/c1-12-11(14)9-3-4-10-8(7-9)5-6-13(10)2;2*1-2/h3-7H,1-2H3,(H,12,14);2*1-2H3. The van der Waals surface area contributed by atoms with E-state index in [4.69, 9.17) is 0 Å². The van der Waals surface area contributed by atoms with Crippen molar-refractivity contribution in [1.82, 2.24) is 9.88 Å². The third kappa shape index (κ3) is 3.62. The minimum atomic E-state index is -0.0456. The van der Waals surface area contributed by atoms with Gasteiger partial charge in [-0.25, -0.2) is 0 Å². The van der Waals surface area contributed by atoms with Gasteiger partial charge in [0.15, 0.2) is 0 Å². The number of nitrogens with one attached hydrogen (secondary N) is 1. The highest BCUT2D eigenvalue weighted by molar-refractivity contribution is 5.97. The molecule has 0 saturated heterocycles. The molecule has 1 aromatic carbocycles. The van der Waals surface area contributed by atoms with E-state index < -0.39 is 0 Å². The lowest BCUT2D eigenvalue weighted by molar-refractivity contribution is 0.0963. The molecule has 1 amide bonds. The number of aromatic nitrogens is 1. The summed E-state index contributed by atoms with van der Waals surface area (Å²) in [4.78, 5) is 11.3. The van der Waals surface area contributed by atoms with E-state index in [0.29, 0.717) is 5.56 Å². The predicted octanol–water partition coefficient (Wildman–Crippen LogP) is 3.59. The zero-order chi connectivity index (χ0) is 14.1. The molecule has 1 heterocycles. The maximum Gasteiger partial charge on any atom is 0.251 e. The summed E-state index contributed by atoms with van der Waals surface area (Å²) in [5.41, 5.74) is 1.84. The van der Waals surface area contributed by atoms with Crippen LogP contribution in [0, 0.1) is 0 Å². The molecule has 1 aromatic heterocycles. The molecule has 3 heteroatoms. The highest BCUT2D eigenvalue weighted by atomic mass is 16.1. The third-order valence-corrected chi connectivity index (χ3v) is 2.37. The fraction of sp³-hybridized carbons (Fsp3) is 0.400. The third-order valence-electron chi connectivity index (χ3n) is 2.37. The fourth-order valence-corrected chi connectivity index (χ4v) is 1.57. The number of hydrogen-bond acceptors (Lipinski definition) is 1. The zero-order valence-corrected chi connectivity index (χ0v) is 12.2. The van der Waals surface area contributed by atoms with Crippen LogP contribution in [-0.4, -0.2) is 17.5 Å². The van der Waals surface area contributed by atoms with Gasteiger partial charge in [-0.05, 0) is 24.3 Å². The first-order valence-corrected chi connectivity index (χ1v) is 6.49. The van der Waals surface area contributed by atoms with E-state index in [-0.39, 0.29) is 5.91 Å². The average molecular weight is 248 g/mol. The monoisotopic (exact) mass is 248 g/mol. The summed E-state index contributed by atoms with van der Waals surface area (Å²) in [5.74, 6) is -0.0456. The largest absolute Gasteiger partial charge is 0.355 e. The van der Waals surface area contributed by atoms with E-state index in [2.05, 4.69) is 5.32 Å². The second kappa shape index (κ2) is 8.34. The van der Waals surface area contributed by atoms with Crippen molar-refractivity contribution in [2.75, 3.05) is 7.05 Å². The minimum absolute atomic E-state index is 0.0456. The second-order valence-electron chi connectivity index (χ2n) is 3.28. The minimum Gasteiger partial charge on any atom is -0.355 e. The smallest absolute Gasteiger partial charge is 0.251 e. The maximum absolute atomic E-state index is 11.3. The van der Waals surface area contributed by atoms with Crippen LogP contribution in [0.25, 0.3) is 10.9 Å². The summed E-state index contributed by atoms with van der Waals surface area (Å²) in [6.07, 6.45) is 1.98. The van der Waals surface area contributed by atoms with E-state index in [1.54, 1.807) is 7.05 Å². The van der Waals surface area contributed by atoms with Gasteiger partial charge in [-0.15, -0.1) is 0 Å². The first-order valence-electron chi connectivity index (χ1n) is 6.49. The van der Waals surface area contributed by atoms with Crippen molar-refractivity contribution in [2.24, 2.45) is 7.05 Å². The van der Waals surface area contributed by atoms with Gasteiger partial charge in [0, 0.05) is 36.8 Å². The molecule has 2 rings (SSSR count). The van der Waals surface area contributed by atoms with Crippen LogP contribution in [0.2, 0.25) is 0 Å². The van der Waals surface area contributed by atoms with Gasteiger partial charge < -0.3 is 9.88 Å². The van der Waals surface area contributed by atoms with Crippen LogP contribution in [-0.2, 0) is 7.05 Å². The number of rotatable bonds is 1. The number of benzene rings is 1. The first-order chi connectivity index (χ1) is 8.72. The Kier molecular flexibility index (Phi) is 7.52. The van der Waals surface area contributed by atoms with Gasteiger partial charge in [0.1, 0.15) is 0 Å². The van der Waals surface area contributed by atoms with Crippen LogP contribution < -0.4 is 5.32 Å². The van der Waals surface area contributed by atoms with Crippen LogP contribution in [0.3, 0.4) is 0 Å². The molecule has 0 fully saturated rings. The lowest BCUT2D eigenvalue weighted by Crippen LogP contribution is -2.17. The topological polar surface area (TPSA) is 34.0 Å². The molecular formula is C15H24N2O. The van der Waals surface area contributed by atoms with Gasteiger partial charge in [0.2, 0.25) is 0 Å². The van der Waals surface area contributed by atoms with Crippen molar-refractivity contribution in [1.29, 1.82) is 0 Å². The Morgan fingerprint density at radius 3 is 2.28 bits per heavy atom. The Labute approximate surface area is 110 Å². The Balaban J connectivity index is 0.000000659. The number of hydrogen-bond donors (Lipinski definition) is 1. The van der Waals surface area contributed by atoms with E-state index in [1.807, 2.05) is 69.8 Å². The van der Waals surface area contributed by atoms with E-state index >= 15 is 0 Å². The zero-order valence-electron chi connectivity index (χ0n) is 12.2. The molecule has 0 spiro atoms. The van der Waals surface area contributed by atoms with E-state index in [9.17, 15) is 4.79 Å². The number of carbonyl (C=O) groups is 1. The molecule has 3 nitrogen and oxygen atoms in total. The summed E-state index contributed by atoms with van der Waals surface area (Å²) < 4.78 is 2.03. The van der Waals surface area contributed by atoms with Crippen LogP contribution in [0.4, 0.5) is 0 Å². The highest BCUT2D eigenvalue weighted by Crippen LogP contribution is 2.16.